The first kappa shape index (κ1) is 27.2. The first-order valence-electron chi connectivity index (χ1n) is 13.9. The molecule has 2 heterocycles. The zero-order valence-electron chi connectivity index (χ0n) is 23.1. The van der Waals surface area contributed by atoms with Gasteiger partial charge in [-0.3, -0.25) is 9.69 Å². The zero-order chi connectivity index (χ0) is 27.2. The smallest absolute Gasteiger partial charge is 0.195 e. The van der Waals surface area contributed by atoms with E-state index in [4.69, 9.17) is 14.2 Å². The number of benzene rings is 3. The first-order valence-corrected chi connectivity index (χ1v) is 14.7. The van der Waals surface area contributed by atoms with E-state index in [9.17, 15) is 4.79 Å². The Bertz CT molecular complexity index is 1390. The summed E-state index contributed by atoms with van der Waals surface area (Å²) in [4.78, 5) is 17.4. The summed E-state index contributed by atoms with van der Waals surface area (Å²) in [6.45, 7) is 8.09. The van der Waals surface area contributed by atoms with Gasteiger partial charge in [0.05, 0.1) is 13.2 Å². The lowest BCUT2D eigenvalue weighted by molar-refractivity contribution is 0.104. The van der Waals surface area contributed by atoms with E-state index in [2.05, 4.69) is 24.8 Å². The van der Waals surface area contributed by atoms with Gasteiger partial charge in [-0.15, -0.1) is 11.3 Å². The van der Waals surface area contributed by atoms with Gasteiger partial charge in [-0.2, -0.15) is 0 Å². The number of carbonyl (C=O) groups excluding carboxylic acids is 1. The van der Waals surface area contributed by atoms with Gasteiger partial charge in [-0.1, -0.05) is 13.3 Å². The van der Waals surface area contributed by atoms with Crippen LogP contribution in [0.4, 0.5) is 0 Å². The molecule has 1 aromatic heterocycles. The molecule has 1 aliphatic rings. The van der Waals surface area contributed by atoms with E-state index in [0.29, 0.717) is 17.7 Å². The van der Waals surface area contributed by atoms with E-state index in [1.807, 2.05) is 60.7 Å². The van der Waals surface area contributed by atoms with Crippen LogP contribution in [0.1, 0.15) is 55.5 Å². The number of rotatable bonds is 11. The Kier molecular flexibility index (Phi) is 8.84. The summed E-state index contributed by atoms with van der Waals surface area (Å²) in [5.74, 6) is 2.40. The first-order chi connectivity index (χ1) is 19.1. The molecule has 1 atom stereocenters. The molecule has 1 fully saturated rings. The van der Waals surface area contributed by atoms with Crippen LogP contribution < -0.4 is 14.2 Å². The van der Waals surface area contributed by atoms with Crippen LogP contribution in [0.2, 0.25) is 0 Å². The number of nitrogens with zero attached hydrogens (tertiary/aromatic N) is 1. The average molecular weight is 544 g/mol. The molecule has 5 nitrogen and oxygen atoms in total. The average Bonchev–Trinajstić information content (AvgIpc) is 3.36. The third-order valence-electron chi connectivity index (χ3n) is 7.39. The highest BCUT2D eigenvalue weighted by molar-refractivity contribution is 7.22. The van der Waals surface area contributed by atoms with Crippen molar-refractivity contribution in [2.24, 2.45) is 0 Å². The van der Waals surface area contributed by atoms with Crippen molar-refractivity contribution in [2.75, 3.05) is 33.4 Å². The lowest BCUT2D eigenvalue weighted by atomic mass is 9.97. The molecule has 1 unspecified atom stereocenters. The minimum absolute atomic E-state index is 0.00234. The van der Waals surface area contributed by atoms with Crippen molar-refractivity contribution in [3.63, 3.8) is 0 Å². The van der Waals surface area contributed by atoms with Crippen LogP contribution in [0.25, 0.3) is 20.5 Å². The lowest BCUT2D eigenvalue weighted by Crippen LogP contribution is -2.33. The number of ketones is 1. The highest BCUT2D eigenvalue weighted by Gasteiger charge is 2.22. The molecule has 0 spiro atoms. The van der Waals surface area contributed by atoms with E-state index in [1.165, 1.54) is 19.3 Å². The Labute approximate surface area is 235 Å². The van der Waals surface area contributed by atoms with Crippen molar-refractivity contribution in [3.05, 3.63) is 77.9 Å². The Morgan fingerprint density at radius 3 is 2.31 bits per heavy atom. The number of hydrogen-bond acceptors (Lipinski definition) is 6. The molecule has 0 aliphatic carbocycles. The third kappa shape index (κ3) is 6.45. The van der Waals surface area contributed by atoms with E-state index in [-0.39, 0.29) is 11.9 Å². The lowest BCUT2D eigenvalue weighted by Gasteiger charge is -2.26. The van der Waals surface area contributed by atoms with Crippen molar-refractivity contribution in [3.8, 4) is 27.7 Å². The molecule has 0 bridgehead atoms. The number of fused-ring (bicyclic) bond motifs is 1. The second-order valence-corrected chi connectivity index (χ2v) is 11.2. The molecule has 0 radical (unpaired) electrons. The van der Waals surface area contributed by atoms with Gasteiger partial charge >= 0.3 is 0 Å². The van der Waals surface area contributed by atoms with E-state index < -0.39 is 0 Å². The third-order valence-corrected chi connectivity index (χ3v) is 8.60. The molecule has 0 saturated carbocycles. The fraction of sp³-hybridized carbons (Fsp3) is 0.364. The quantitative estimate of drug-likeness (QED) is 0.180. The number of hydrogen-bond donors (Lipinski definition) is 0. The van der Waals surface area contributed by atoms with E-state index >= 15 is 0 Å². The van der Waals surface area contributed by atoms with Crippen molar-refractivity contribution < 1.29 is 19.0 Å². The van der Waals surface area contributed by atoms with E-state index in [1.54, 1.807) is 18.4 Å². The summed E-state index contributed by atoms with van der Waals surface area (Å²) >= 11 is 1.62. The monoisotopic (exact) mass is 543 g/mol. The van der Waals surface area contributed by atoms with Gasteiger partial charge in [0, 0.05) is 32.6 Å². The second-order valence-electron chi connectivity index (χ2n) is 10.1. The predicted octanol–water partition coefficient (Wildman–Crippen LogP) is 7.85. The molecule has 4 aromatic rings. The summed E-state index contributed by atoms with van der Waals surface area (Å²) in [5, 5.41) is 0.939. The molecule has 0 amide bonds. The fourth-order valence-corrected chi connectivity index (χ4v) is 6.19. The molecule has 0 N–H and O–H groups in total. The summed E-state index contributed by atoms with van der Waals surface area (Å²) in [6, 6.07) is 21.5. The topological polar surface area (TPSA) is 48.0 Å². The predicted molar refractivity (Wildman–Crippen MR) is 160 cm³/mol. The maximum absolute atomic E-state index is 14.0. The molecule has 1 saturated heterocycles. The van der Waals surface area contributed by atoms with Crippen LogP contribution in [-0.4, -0.2) is 50.1 Å². The number of piperidine rings is 1. The molecular weight excluding hydrogens is 506 g/mol. The van der Waals surface area contributed by atoms with Gasteiger partial charge in [0.2, 0.25) is 0 Å². The van der Waals surface area contributed by atoms with Crippen LogP contribution >= 0.6 is 11.3 Å². The van der Waals surface area contributed by atoms with Gasteiger partial charge in [0.25, 0.3) is 0 Å². The number of thiophene rings is 1. The maximum atomic E-state index is 14.0. The Hall–Kier alpha value is -3.35. The number of methoxy groups -OCH3 is 1. The highest BCUT2D eigenvalue weighted by atomic mass is 32.1. The molecule has 39 heavy (non-hydrogen) atoms. The zero-order valence-corrected chi connectivity index (χ0v) is 23.9. The van der Waals surface area contributed by atoms with Gasteiger partial charge in [-0.05, 0) is 112 Å². The van der Waals surface area contributed by atoms with Crippen molar-refractivity contribution in [1.29, 1.82) is 0 Å². The largest absolute Gasteiger partial charge is 0.497 e. The van der Waals surface area contributed by atoms with Gasteiger partial charge in [0.1, 0.15) is 23.9 Å². The van der Waals surface area contributed by atoms with Crippen LogP contribution in [0.15, 0.2) is 66.7 Å². The van der Waals surface area contributed by atoms with E-state index in [0.717, 1.165) is 63.8 Å². The summed E-state index contributed by atoms with van der Waals surface area (Å²) in [5.41, 5.74) is 2.35. The van der Waals surface area contributed by atoms with Gasteiger partial charge in [0.15, 0.2) is 5.78 Å². The molecule has 204 valence electrons. The normalized spacial score (nSPS) is 14.7. The van der Waals surface area contributed by atoms with Gasteiger partial charge < -0.3 is 14.2 Å². The van der Waals surface area contributed by atoms with Gasteiger partial charge in [-0.25, -0.2) is 0 Å². The Balaban J connectivity index is 1.41. The second kappa shape index (κ2) is 12.7. The van der Waals surface area contributed by atoms with Crippen molar-refractivity contribution >= 4 is 27.2 Å². The molecule has 5 rings (SSSR count). The maximum Gasteiger partial charge on any atom is 0.195 e. The number of ether oxygens (including phenoxy) is 3. The van der Waals surface area contributed by atoms with Crippen LogP contribution in [-0.2, 0) is 0 Å². The van der Waals surface area contributed by atoms with Crippen LogP contribution in [0.3, 0.4) is 0 Å². The fourth-order valence-electron chi connectivity index (χ4n) is 4.96. The number of carbonyl (C=O) groups is 1. The molecule has 1 aliphatic heterocycles. The van der Waals surface area contributed by atoms with Crippen molar-refractivity contribution in [2.45, 2.75) is 45.6 Å². The van der Waals surface area contributed by atoms with Crippen LogP contribution in [0, 0.1) is 0 Å². The summed E-state index contributed by atoms with van der Waals surface area (Å²) in [6.07, 6.45) is 4.95. The molecular formula is C33H37NO4S. The Morgan fingerprint density at radius 1 is 0.923 bits per heavy atom. The molecule has 3 aromatic carbocycles. The SMILES string of the molecule is CCC(C)Oc1ccc2c(C(=O)c3ccc(OCCN4CCCCC4)cc3)c(-c3ccc(OC)cc3)sc2c1. The minimum atomic E-state index is 0.00234. The van der Waals surface area contributed by atoms with Crippen molar-refractivity contribution in [1.82, 2.24) is 4.90 Å². The highest BCUT2D eigenvalue weighted by Crippen LogP contribution is 2.42. The summed E-state index contributed by atoms with van der Waals surface area (Å²) < 4.78 is 18.5. The van der Waals surface area contributed by atoms with Crippen LogP contribution in [0.5, 0.6) is 17.2 Å². The molecule has 6 heteroatoms. The standard InChI is InChI=1S/C33H37NO4S/c1-4-23(2)38-28-16-17-29-30(22-28)39-33(25-10-12-26(36-3)13-11-25)31(29)32(35)24-8-14-27(15-9-24)37-21-20-34-18-6-5-7-19-34/h8-17,22-23H,4-7,18-21H2,1-3H3. The minimum Gasteiger partial charge on any atom is -0.497 e. The summed E-state index contributed by atoms with van der Waals surface area (Å²) in [7, 11) is 1.66. The Morgan fingerprint density at radius 2 is 1.62 bits per heavy atom. The number of likely N-dealkylation sites (tertiary alicyclic amines) is 1.